The number of hydrogen-bond donors (Lipinski definition) is 8. The van der Waals surface area contributed by atoms with Crippen molar-refractivity contribution in [1.82, 2.24) is 16.0 Å². The predicted molar refractivity (Wildman–Crippen MR) is 131 cm³/mol. The van der Waals surface area contributed by atoms with Crippen LogP contribution in [-0.2, 0) is 28.8 Å². The fraction of sp³-hybridized carbons (Fsp3) is 0.727. The summed E-state index contributed by atoms with van der Waals surface area (Å²) in [4.78, 5) is 72.2. The lowest BCUT2D eigenvalue weighted by atomic mass is 9.96. The zero-order chi connectivity index (χ0) is 27.8. The van der Waals surface area contributed by atoms with Crippen LogP contribution in [0.2, 0.25) is 0 Å². The maximum atomic E-state index is 13.0. The van der Waals surface area contributed by atoms with Crippen LogP contribution in [-0.4, -0.2) is 71.3 Å². The van der Waals surface area contributed by atoms with E-state index in [0.717, 1.165) is 0 Å². The fourth-order valence-corrected chi connectivity index (χ4v) is 3.23. The van der Waals surface area contributed by atoms with Gasteiger partial charge in [0.1, 0.15) is 18.1 Å². The molecule has 0 aromatic rings. The van der Waals surface area contributed by atoms with Crippen LogP contribution in [0.3, 0.4) is 0 Å². The molecule has 36 heavy (non-hydrogen) atoms. The number of carbonyl (C=O) groups is 6. The molecule has 0 aromatic heterocycles. The smallest absolute Gasteiger partial charge is 0.326 e. The highest BCUT2D eigenvalue weighted by molar-refractivity contribution is 5.94. The van der Waals surface area contributed by atoms with Gasteiger partial charge < -0.3 is 44.0 Å². The first kappa shape index (κ1) is 32.7. The molecule has 0 bridgehead atoms. The van der Waals surface area contributed by atoms with Crippen LogP contribution in [0.1, 0.15) is 65.2 Å². The molecule has 206 valence electrons. The topological polar surface area (TPSA) is 263 Å². The number of primary amides is 2. The van der Waals surface area contributed by atoms with E-state index in [0.29, 0.717) is 25.8 Å². The van der Waals surface area contributed by atoms with Crippen molar-refractivity contribution in [1.29, 1.82) is 0 Å². The number of carboxylic acids is 1. The molecule has 0 rings (SSSR count). The Labute approximate surface area is 210 Å². The molecule has 0 fully saturated rings. The maximum Gasteiger partial charge on any atom is 0.326 e. The summed E-state index contributed by atoms with van der Waals surface area (Å²) in [7, 11) is 0. The van der Waals surface area contributed by atoms with Gasteiger partial charge in [-0.25, -0.2) is 4.79 Å². The summed E-state index contributed by atoms with van der Waals surface area (Å²) in [5.74, 6) is -5.19. The highest BCUT2D eigenvalue weighted by Gasteiger charge is 2.32. The van der Waals surface area contributed by atoms with Gasteiger partial charge in [0.25, 0.3) is 0 Å². The predicted octanol–water partition coefficient (Wildman–Crippen LogP) is -2.44. The molecule has 0 saturated carbocycles. The lowest BCUT2D eigenvalue weighted by molar-refractivity contribution is -0.143. The van der Waals surface area contributed by atoms with Crippen molar-refractivity contribution in [2.24, 2.45) is 28.9 Å². The maximum absolute atomic E-state index is 13.0. The normalized spacial score (nSPS) is 15.0. The van der Waals surface area contributed by atoms with E-state index in [1.807, 2.05) is 0 Å². The van der Waals surface area contributed by atoms with E-state index in [4.69, 9.17) is 22.9 Å². The minimum absolute atomic E-state index is 0.0516. The molecular formula is C22H41N7O7. The molecule has 5 unspecified atom stereocenters. The lowest BCUT2D eigenvalue weighted by Crippen LogP contribution is -2.58. The van der Waals surface area contributed by atoms with Gasteiger partial charge in [0, 0.05) is 12.8 Å². The van der Waals surface area contributed by atoms with Crippen molar-refractivity contribution >= 4 is 35.5 Å². The van der Waals surface area contributed by atoms with Crippen LogP contribution in [0, 0.1) is 5.92 Å². The third-order valence-electron chi connectivity index (χ3n) is 5.71. The van der Waals surface area contributed by atoms with E-state index in [1.54, 1.807) is 13.8 Å². The number of nitrogens with one attached hydrogen (secondary N) is 3. The zero-order valence-corrected chi connectivity index (χ0v) is 21.0. The van der Waals surface area contributed by atoms with E-state index in [-0.39, 0.29) is 32.1 Å². The van der Waals surface area contributed by atoms with Crippen molar-refractivity contribution in [3.8, 4) is 0 Å². The van der Waals surface area contributed by atoms with Crippen LogP contribution < -0.4 is 38.9 Å². The average molecular weight is 516 g/mol. The number of unbranched alkanes of at least 4 members (excludes halogenated alkanes) is 1. The first-order valence-electron chi connectivity index (χ1n) is 12.0. The van der Waals surface area contributed by atoms with Crippen molar-refractivity contribution in [3.63, 3.8) is 0 Å². The summed E-state index contributed by atoms with van der Waals surface area (Å²) in [5.41, 5.74) is 21.4. The SMILES string of the molecule is CCC(C)C(NC(=O)C(CCC(N)=O)NC(=O)C(N)CCC(N)=O)C(=O)NC(CCCCN)C(=O)O. The fourth-order valence-electron chi connectivity index (χ4n) is 3.23. The van der Waals surface area contributed by atoms with E-state index < -0.39 is 65.6 Å². The molecule has 5 amide bonds. The van der Waals surface area contributed by atoms with E-state index >= 15 is 0 Å². The largest absolute Gasteiger partial charge is 0.480 e. The summed E-state index contributed by atoms with van der Waals surface area (Å²) in [6, 6.07) is -4.68. The molecule has 0 heterocycles. The molecule has 5 atom stereocenters. The number of carboxylic acid groups (broad SMARTS) is 1. The van der Waals surface area contributed by atoms with Crippen LogP contribution >= 0.6 is 0 Å². The third-order valence-corrected chi connectivity index (χ3v) is 5.71. The Morgan fingerprint density at radius 1 is 0.778 bits per heavy atom. The van der Waals surface area contributed by atoms with Gasteiger partial charge in [-0.2, -0.15) is 0 Å². The van der Waals surface area contributed by atoms with Crippen LogP contribution in [0.5, 0.6) is 0 Å². The minimum atomic E-state index is -1.26. The Morgan fingerprint density at radius 2 is 1.33 bits per heavy atom. The van der Waals surface area contributed by atoms with Crippen LogP contribution in [0.4, 0.5) is 0 Å². The summed E-state index contributed by atoms with van der Waals surface area (Å²) in [6.45, 7) is 3.87. The Kier molecular flexibility index (Phi) is 15.7. The van der Waals surface area contributed by atoms with Crippen LogP contribution in [0.15, 0.2) is 0 Å². The van der Waals surface area contributed by atoms with Crippen molar-refractivity contribution < 1.29 is 33.9 Å². The molecule has 0 aliphatic carbocycles. The zero-order valence-electron chi connectivity index (χ0n) is 21.0. The minimum Gasteiger partial charge on any atom is -0.480 e. The first-order valence-corrected chi connectivity index (χ1v) is 12.0. The van der Waals surface area contributed by atoms with E-state index in [9.17, 15) is 33.9 Å². The van der Waals surface area contributed by atoms with Gasteiger partial charge in [0.05, 0.1) is 6.04 Å². The molecule has 14 nitrogen and oxygen atoms in total. The van der Waals surface area contributed by atoms with E-state index in [2.05, 4.69) is 16.0 Å². The van der Waals surface area contributed by atoms with Gasteiger partial charge in [-0.3, -0.25) is 24.0 Å². The van der Waals surface area contributed by atoms with Gasteiger partial charge in [0.2, 0.25) is 29.5 Å². The summed E-state index contributed by atoms with van der Waals surface area (Å²) < 4.78 is 0. The molecule has 0 aliphatic heterocycles. The molecule has 0 spiro atoms. The van der Waals surface area contributed by atoms with Crippen molar-refractivity contribution in [2.45, 2.75) is 89.4 Å². The monoisotopic (exact) mass is 515 g/mol. The molecule has 0 saturated heterocycles. The number of amides is 5. The summed E-state index contributed by atoms with van der Waals surface area (Å²) in [6.07, 6.45) is 1.13. The Hall–Kier alpha value is -3.26. The van der Waals surface area contributed by atoms with Crippen molar-refractivity contribution in [3.05, 3.63) is 0 Å². The number of carbonyl (C=O) groups excluding carboxylic acids is 5. The molecule has 12 N–H and O–H groups in total. The average Bonchev–Trinajstić information content (AvgIpc) is 2.81. The second-order valence-electron chi connectivity index (χ2n) is 8.73. The van der Waals surface area contributed by atoms with Gasteiger partial charge in [0.15, 0.2) is 0 Å². The quantitative estimate of drug-likeness (QED) is 0.0848. The van der Waals surface area contributed by atoms with Gasteiger partial charge in [-0.15, -0.1) is 0 Å². The molecule has 0 aromatic carbocycles. The van der Waals surface area contributed by atoms with E-state index in [1.165, 1.54) is 0 Å². The van der Waals surface area contributed by atoms with Gasteiger partial charge in [-0.1, -0.05) is 20.3 Å². The van der Waals surface area contributed by atoms with Crippen molar-refractivity contribution in [2.75, 3.05) is 6.54 Å². The Balaban J connectivity index is 5.55. The number of aliphatic carboxylic acids is 1. The standard InChI is InChI=1S/C22H41N7O7/c1-3-12(2)18(21(34)28-15(22(35)36)6-4-5-11-23)29-20(33)14(8-10-17(26)31)27-19(32)13(24)7-9-16(25)30/h12-15,18H,3-11,23-24H2,1-2H3,(H2,25,30)(H2,26,31)(H,27,32)(H,28,34)(H,29,33)(H,35,36). The Bertz CT molecular complexity index is 778. The number of rotatable bonds is 19. The molecule has 14 heteroatoms. The van der Waals surface area contributed by atoms with Crippen LogP contribution in [0.25, 0.3) is 0 Å². The van der Waals surface area contributed by atoms with Gasteiger partial charge >= 0.3 is 5.97 Å². The number of hydrogen-bond acceptors (Lipinski definition) is 8. The summed E-state index contributed by atoms with van der Waals surface area (Å²) in [5, 5.41) is 16.9. The summed E-state index contributed by atoms with van der Waals surface area (Å²) >= 11 is 0. The third kappa shape index (κ3) is 13.0. The lowest BCUT2D eigenvalue weighted by Gasteiger charge is -2.28. The highest BCUT2D eigenvalue weighted by Crippen LogP contribution is 2.11. The second kappa shape index (κ2) is 17.2. The molecular weight excluding hydrogens is 474 g/mol. The number of nitrogens with two attached hydrogens (primary N) is 4. The molecule has 0 aliphatic rings. The Morgan fingerprint density at radius 3 is 1.83 bits per heavy atom. The highest BCUT2D eigenvalue weighted by atomic mass is 16.4. The van der Waals surface area contributed by atoms with Gasteiger partial charge in [-0.05, 0) is 44.6 Å². The first-order chi connectivity index (χ1) is 16.8. The molecule has 0 radical (unpaired) electrons. The second-order valence-corrected chi connectivity index (χ2v) is 8.73.